The lowest BCUT2D eigenvalue weighted by Crippen LogP contribution is -3.12. The summed E-state index contributed by atoms with van der Waals surface area (Å²) < 4.78 is 0. The number of fused-ring (bicyclic) bond motifs is 1. The highest BCUT2D eigenvalue weighted by atomic mass is 16.1. The summed E-state index contributed by atoms with van der Waals surface area (Å²) in [7, 11) is 0. The molecule has 1 heterocycles. The van der Waals surface area contributed by atoms with E-state index in [0.29, 0.717) is 12.1 Å². The van der Waals surface area contributed by atoms with Gasteiger partial charge in [0, 0.05) is 5.56 Å². The third-order valence-electron chi connectivity index (χ3n) is 4.10. The van der Waals surface area contributed by atoms with Crippen molar-refractivity contribution in [2.75, 3.05) is 26.2 Å². The second-order valence-corrected chi connectivity index (χ2v) is 5.56. The standard InChI is InChI=1S/C17H24N4O/c1-5-21(6-2)10-9-18-17(22)14-7-8-15-16(11-14)20-13(4)12(3)19-15/h7-8,11H,5-6,9-10H2,1-4H3,(H,18,22)/p+1. The Morgan fingerprint density at radius 1 is 1.09 bits per heavy atom. The summed E-state index contributed by atoms with van der Waals surface area (Å²) >= 11 is 0. The Morgan fingerprint density at radius 2 is 1.73 bits per heavy atom. The zero-order valence-corrected chi connectivity index (χ0v) is 13.9. The van der Waals surface area contributed by atoms with E-state index in [-0.39, 0.29) is 5.91 Å². The third kappa shape index (κ3) is 3.80. The van der Waals surface area contributed by atoms with E-state index in [0.717, 1.165) is 42.1 Å². The first kappa shape index (κ1) is 16.4. The third-order valence-corrected chi connectivity index (χ3v) is 4.10. The van der Waals surface area contributed by atoms with Gasteiger partial charge in [-0.15, -0.1) is 0 Å². The molecule has 0 saturated heterocycles. The Bertz CT molecular complexity index is 665. The van der Waals surface area contributed by atoms with Crippen LogP contribution in [0, 0.1) is 13.8 Å². The van der Waals surface area contributed by atoms with Crippen molar-refractivity contribution in [3.63, 3.8) is 0 Å². The molecule has 0 spiro atoms. The normalized spacial score (nSPS) is 11.1. The summed E-state index contributed by atoms with van der Waals surface area (Å²) in [6.07, 6.45) is 0. The van der Waals surface area contributed by atoms with E-state index in [4.69, 9.17) is 0 Å². The number of benzene rings is 1. The van der Waals surface area contributed by atoms with Crippen molar-refractivity contribution in [3.8, 4) is 0 Å². The molecular formula is C17H25N4O+. The first-order chi connectivity index (χ1) is 10.5. The number of likely N-dealkylation sites (N-methyl/N-ethyl adjacent to an activating group) is 1. The predicted octanol–water partition coefficient (Wildman–Crippen LogP) is 0.901. The maximum Gasteiger partial charge on any atom is 0.251 e. The molecule has 0 saturated carbocycles. The average Bonchev–Trinajstić information content (AvgIpc) is 2.52. The number of quaternary nitrogens is 1. The number of aromatic nitrogens is 2. The Hall–Kier alpha value is -2.01. The predicted molar refractivity (Wildman–Crippen MR) is 88.3 cm³/mol. The van der Waals surface area contributed by atoms with E-state index < -0.39 is 0 Å². The molecular weight excluding hydrogens is 276 g/mol. The number of hydrogen-bond donors (Lipinski definition) is 2. The van der Waals surface area contributed by atoms with Crippen LogP contribution in [-0.2, 0) is 0 Å². The van der Waals surface area contributed by atoms with Crippen LogP contribution in [0.25, 0.3) is 11.0 Å². The molecule has 1 amide bonds. The molecule has 2 aromatic rings. The van der Waals surface area contributed by atoms with Crippen molar-refractivity contribution >= 4 is 16.9 Å². The van der Waals surface area contributed by atoms with E-state index in [1.165, 1.54) is 4.90 Å². The largest absolute Gasteiger partial charge is 0.346 e. The molecule has 2 N–H and O–H groups in total. The Labute approximate surface area is 131 Å². The molecule has 0 atom stereocenters. The van der Waals surface area contributed by atoms with Crippen molar-refractivity contribution in [3.05, 3.63) is 35.2 Å². The first-order valence-electron chi connectivity index (χ1n) is 7.92. The molecule has 0 bridgehead atoms. The first-order valence-corrected chi connectivity index (χ1v) is 7.92. The molecule has 0 aliphatic heterocycles. The van der Waals surface area contributed by atoms with Crippen LogP contribution in [0.2, 0.25) is 0 Å². The van der Waals surface area contributed by atoms with Gasteiger partial charge in [-0.2, -0.15) is 0 Å². The van der Waals surface area contributed by atoms with Crippen molar-refractivity contribution < 1.29 is 9.69 Å². The summed E-state index contributed by atoms with van der Waals surface area (Å²) in [5.41, 5.74) is 4.05. The van der Waals surface area contributed by atoms with Crippen LogP contribution in [0.4, 0.5) is 0 Å². The summed E-state index contributed by atoms with van der Waals surface area (Å²) in [4.78, 5) is 22.7. The summed E-state index contributed by atoms with van der Waals surface area (Å²) in [6.45, 7) is 12.0. The van der Waals surface area contributed by atoms with Gasteiger partial charge >= 0.3 is 0 Å². The van der Waals surface area contributed by atoms with E-state index in [2.05, 4.69) is 29.1 Å². The van der Waals surface area contributed by atoms with Gasteiger partial charge in [0.15, 0.2) is 0 Å². The van der Waals surface area contributed by atoms with Gasteiger partial charge in [-0.05, 0) is 45.9 Å². The number of carbonyl (C=O) groups is 1. The number of carbonyl (C=O) groups excluding carboxylic acids is 1. The highest BCUT2D eigenvalue weighted by molar-refractivity contribution is 5.97. The van der Waals surface area contributed by atoms with Gasteiger partial charge in [0.2, 0.25) is 0 Å². The highest BCUT2D eigenvalue weighted by Gasteiger charge is 2.09. The minimum absolute atomic E-state index is 0.0477. The van der Waals surface area contributed by atoms with E-state index >= 15 is 0 Å². The fourth-order valence-electron chi connectivity index (χ4n) is 2.43. The fourth-order valence-corrected chi connectivity index (χ4v) is 2.43. The van der Waals surface area contributed by atoms with Gasteiger partial charge in [-0.1, -0.05) is 0 Å². The second-order valence-electron chi connectivity index (χ2n) is 5.56. The Balaban J connectivity index is 2.07. The molecule has 0 radical (unpaired) electrons. The van der Waals surface area contributed by atoms with E-state index in [1.54, 1.807) is 0 Å². The second kappa shape index (κ2) is 7.31. The minimum atomic E-state index is -0.0477. The van der Waals surface area contributed by atoms with E-state index in [1.807, 2.05) is 32.0 Å². The summed E-state index contributed by atoms with van der Waals surface area (Å²) in [6, 6.07) is 5.49. The quantitative estimate of drug-likeness (QED) is 0.833. The van der Waals surface area contributed by atoms with Gasteiger partial charge in [0.25, 0.3) is 5.91 Å². The number of rotatable bonds is 6. The molecule has 118 valence electrons. The lowest BCUT2D eigenvalue weighted by atomic mass is 10.1. The molecule has 2 rings (SSSR count). The Kier molecular flexibility index (Phi) is 5.44. The van der Waals surface area contributed by atoms with Crippen molar-refractivity contribution in [1.29, 1.82) is 0 Å². The van der Waals surface area contributed by atoms with Gasteiger partial charge in [0.1, 0.15) is 0 Å². The topological polar surface area (TPSA) is 59.3 Å². The molecule has 5 heteroatoms. The van der Waals surface area contributed by atoms with Crippen LogP contribution >= 0.6 is 0 Å². The molecule has 0 aliphatic rings. The number of aryl methyl sites for hydroxylation is 2. The molecule has 0 aliphatic carbocycles. The molecule has 0 fully saturated rings. The van der Waals surface area contributed by atoms with Crippen molar-refractivity contribution in [2.45, 2.75) is 27.7 Å². The maximum absolute atomic E-state index is 12.2. The van der Waals surface area contributed by atoms with Crippen LogP contribution in [-0.4, -0.2) is 42.1 Å². The fraction of sp³-hybridized carbons (Fsp3) is 0.471. The summed E-state index contributed by atoms with van der Waals surface area (Å²) in [5.74, 6) is -0.0477. The summed E-state index contributed by atoms with van der Waals surface area (Å²) in [5, 5.41) is 2.98. The molecule has 1 aromatic heterocycles. The van der Waals surface area contributed by atoms with Crippen LogP contribution in [0.15, 0.2) is 18.2 Å². The van der Waals surface area contributed by atoms with Gasteiger partial charge in [-0.25, -0.2) is 9.97 Å². The monoisotopic (exact) mass is 301 g/mol. The molecule has 0 unspecified atom stereocenters. The lowest BCUT2D eigenvalue weighted by molar-refractivity contribution is -0.895. The average molecular weight is 301 g/mol. The Morgan fingerprint density at radius 3 is 2.36 bits per heavy atom. The highest BCUT2D eigenvalue weighted by Crippen LogP contribution is 2.14. The van der Waals surface area contributed by atoms with Gasteiger partial charge in [0.05, 0.1) is 48.6 Å². The van der Waals surface area contributed by atoms with Crippen molar-refractivity contribution in [1.82, 2.24) is 15.3 Å². The maximum atomic E-state index is 12.2. The zero-order valence-electron chi connectivity index (χ0n) is 13.9. The molecule has 1 aromatic carbocycles. The molecule has 5 nitrogen and oxygen atoms in total. The number of hydrogen-bond acceptors (Lipinski definition) is 3. The zero-order chi connectivity index (χ0) is 16.1. The minimum Gasteiger partial charge on any atom is -0.346 e. The van der Waals surface area contributed by atoms with Gasteiger partial charge in [-0.3, -0.25) is 4.79 Å². The van der Waals surface area contributed by atoms with Crippen molar-refractivity contribution in [2.24, 2.45) is 0 Å². The van der Waals surface area contributed by atoms with Crippen LogP contribution in [0.3, 0.4) is 0 Å². The van der Waals surface area contributed by atoms with Crippen LogP contribution in [0.5, 0.6) is 0 Å². The van der Waals surface area contributed by atoms with Gasteiger partial charge < -0.3 is 10.2 Å². The SMILES string of the molecule is CC[NH+](CC)CCNC(=O)c1ccc2nc(C)c(C)nc2c1. The van der Waals surface area contributed by atoms with Crippen LogP contribution in [0.1, 0.15) is 35.6 Å². The lowest BCUT2D eigenvalue weighted by Gasteiger charge is -2.15. The number of nitrogens with zero attached hydrogens (tertiary/aromatic N) is 2. The smallest absolute Gasteiger partial charge is 0.251 e. The van der Waals surface area contributed by atoms with E-state index in [9.17, 15) is 4.79 Å². The number of amides is 1. The number of nitrogens with one attached hydrogen (secondary N) is 2. The van der Waals surface area contributed by atoms with Crippen LogP contribution < -0.4 is 10.2 Å². The molecule has 22 heavy (non-hydrogen) atoms.